The van der Waals surface area contributed by atoms with Crippen LogP contribution in [-0.2, 0) is 4.79 Å². The fourth-order valence-corrected chi connectivity index (χ4v) is 4.77. The van der Waals surface area contributed by atoms with Gasteiger partial charge in [0.05, 0.1) is 12.0 Å². The Balaban J connectivity index is 1.57. The van der Waals surface area contributed by atoms with Gasteiger partial charge in [-0.2, -0.15) is 0 Å². The zero-order valence-electron chi connectivity index (χ0n) is 17.3. The van der Waals surface area contributed by atoms with E-state index in [0.717, 1.165) is 37.3 Å². The molecule has 1 N–H and O–H groups in total. The Labute approximate surface area is 174 Å². The van der Waals surface area contributed by atoms with Crippen molar-refractivity contribution in [1.82, 2.24) is 15.1 Å². The molecule has 0 spiro atoms. The van der Waals surface area contributed by atoms with Crippen LogP contribution in [0.3, 0.4) is 0 Å². The summed E-state index contributed by atoms with van der Waals surface area (Å²) in [7, 11) is 0. The van der Waals surface area contributed by atoms with Crippen molar-refractivity contribution in [1.29, 1.82) is 0 Å². The summed E-state index contributed by atoms with van der Waals surface area (Å²) in [5.74, 6) is 0.00542. The summed E-state index contributed by atoms with van der Waals surface area (Å²) in [6.45, 7) is 5.86. The second-order valence-corrected chi connectivity index (χ2v) is 8.36. The predicted octanol–water partition coefficient (Wildman–Crippen LogP) is 3.49. The highest BCUT2D eigenvalue weighted by molar-refractivity contribution is 5.87. The number of hydrogen-bond donors (Lipinski definition) is 1. The summed E-state index contributed by atoms with van der Waals surface area (Å²) in [6, 6.07) is 20.7. The van der Waals surface area contributed by atoms with Crippen molar-refractivity contribution in [2.24, 2.45) is 0 Å². The van der Waals surface area contributed by atoms with Crippen molar-refractivity contribution in [3.05, 3.63) is 71.8 Å². The van der Waals surface area contributed by atoms with Gasteiger partial charge in [-0.1, -0.05) is 73.5 Å². The number of carbonyl (C=O) groups excluding carboxylic acids is 1. The molecule has 2 heterocycles. The van der Waals surface area contributed by atoms with Crippen LogP contribution >= 0.6 is 0 Å². The molecule has 2 aliphatic rings. The van der Waals surface area contributed by atoms with Crippen LogP contribution < -0.4 is 5.32 Å². The van der Waals surface area contributed by atoms with Crippen molar-refractivity contribution >= 4 is 5.91 Å². The second-order valence-electron chi connectivity index (χ2n) is 8.36. The molecular formula is C25H33N3O. The molecule has 2 aromatic rings. The number of rotatable bonds is 5. The average molecular weight is 392 g/mol. The van der Waals surface area contributed by atoms with Gasteiger partial charge in [-0.3, -0.25) is 4.79 Å². The minimum absolute atomic E-state index is 0.234. The largest absolute Gasteiger partial charge is 0.335 e. The van der Waals surface area contributed by atoms with E-state index in [1.54, 1.807) is 0 Å². The van der Waals surface area contributed by atoms with Gasteiger partial charge in [0.15, 0.2) is 0 Å². The van der Waals surface area contributed by atoms with Gasteiger partial charge >= 0.3 is 0 Å². The van der Waals surface area contributed by atoms with E-state index in [1.165, 1.54) is 38.8 Å². The van der Waals surface area contributed by atoms with Crippen molar-refractivity contribution in [2.75, 3.05) is 39.3 Å². The molecule has 1 atom stereocenters. The van der Waals surface area contributed by atoms with E-state index in [0.29, 0.717) is 0 Å². The first kappa shape index (κ1) is 20.1. The summed E-state index contributed by atoms with van der Waals surface area (Å²) in [5, 5.41) is 3.52. The van der Waals surface area contributed by atoms with E-state index in [4.69, 9.17) is 0 Å². The molecule has 4 heteroatoms. The van der Waals surface area contributed by atoms with Crippen LogP contribution in [0.5, 0.6) is 0 Å². The first-order chi connectivity index (χ1) is 14.3. The van der Waals surface area contributed by atoms with Gasteiger partial charge < -0.3 is 15.1 Å². The van der Waals surface area contributed by atoms with E-state index >= 15 is 0 Å². The van der Waals surface area contributed by atoms with Crippen molar-refractivity contribution in [3.63, 3.8) is 0 Å². The average Bonchev–Trinajstić information content (AvgIpc) is 3.04. The summed E-state index contributed by atoms with van der Waals surface area (Å²) < 4.78 is 0. The molecule has 0 radical (unpaired) electrons. The summed E-state index contributed by atoms with van der Waals surface area (Å²) in [6.07, 6.45) is 5.24. The van der Waals surface area contributed by atoms with Crippen molar-refractivity contribution in [2.45, 2.75) is 37.6 Å². The SMILES string of the molecule is O=C(C(c1ccccc1)c1ccccc1)N1CCNC[C@H]1CN1CCCCCC1. The van der Waals surface area contributed by atoms with Crippen LogP contribution in [0.2, 0.25) is 0 Å². The van der Waals surface area contributed by atoms with Crippen LogP contribution in [0.4, 0.5) is 0 Å². The van der Waals surface area contributed by atoms with Gasteiger partial charge in [0, 0.05) is 26.2 Å². The second kappa shape index (κ2) is 10.0. The van der Waals surface area contributed by atoms with Gasteiger partial charge in [-0.15, -0.1) is 0 Å². The number of nitrogens with one attached hydrogen (secondary N) is 1. The van der Waals surface area contributed by atoms with Crippen LogP contribution in [-0.4, -0.2) is 61.0 Å². The third kappa shape index (κ3) is 5.06. The highest BCUT2D eigenvalue weighted by atomic mass is 16.2. The van der Waals surface area contributed by atoms with Crippen LogP contribution in [0.25, 0.3) is 0 Å². The quantitative estimate of drug-likeness (QED) is 0.847. The molecule has 1 amide bonds. The number of nitrogens with zero attached hydrogens (tertiary/aromatic N) is 2. The molecule has 0 saturated carbocycles. The Morgan fingerprint density at radius 1 is 0.862 bits per heavy atom. The Kier molecular flexibility index (Phi) is 6.96. The maximum atomic E-state index is 13.9. The predicted molar refractivity (Wildman–Crippen MR) is 118 cm³/mol. The van der Waals surface area contributed by atoms with Crippen molar-refractivity contribution < 1.29 is 4.79 Å². The lowest BCUT2D eigenvalue weighted by Crippen LogP contribution is -2.58. The summed E-state index contributed by atoms with van der Waals surface area (Å²) in [4.78, 5) is 18.6. The number of piperazine rings is 1. The fourth-order valence-electron chi connectivity index (χ4n) is 4.77. The lowest BCUT2D eigenvalue weighted by atomic mass is 9.89. The number of hydrogen-bond acceptors (Lipinski definition) is 3. The smallest absolute Gasteiger partial charge is 0.234 e. The molecule has 2 fully saturated rings. The number of amides is 1. The van der Waals surface area contributed by atoms with Crippen LogP contribution in [0.1, 0.15) is 42.7 Å². The molecule has 0 unspecified atom stereocenters. The molecule has 29 heavy (non-hydrogen) atoms. The Hall–Kier alpha value is -2.17. The molecule has 4 rings (SSSR count). The monoisotopic (exact) mass is 391 g/mol. The minimum Gasteiger partial charge on any atom is -0.335 e. The van der Waals surface area contributed by atoms with Gasteiger partial charge in [-0.05, 0) is 37.1 Å². The van der Waals surface area contributed by atoms with E-state index in [2.05, 4.69) is 39.4 Å². The lowest BCUT2D eigenvalue weighted by Gasteiger charge is -2.40. The fraction of sp³-hybridized carbons (Fsp3) is 0.480. The maximum absolute atomic E-state index is 13.9. The first-order valence-electron chi connectivity index (χ1n) is 11.2. The topological polar surface area (TPSA) is 35.6 Å². The summed E-state index contributed by atoms with van der Waals surface area (Å²) >= 11 is 0. The number of likely N-dealkylation sites (tertiary alicyclic amines) is 1. The van der Waals surface area contributed by atoms with E-state index < -0.39 is 0 Å². The Morgan fingerprint density at radius 2 is 1.45 bits per heavy atom. The Bertz CT molecular complexity index is 717. The molecule has 4 nitrogen and oxygen atoms in total. The van der Waals surface area contributed by atoms with Crippen LogP contribution in [0, 0.1) is 0 Å². The molecule has 154 valence electrons. The van der Waals surface area contributed by atoms with Gasteiger partial charge in [0.25, 0.3) is 0 Å². The minimum atomic E-state index is -0.234. The standard InChI is InChI=1S/C25H33N3O/c29-25(24(21-11-5-3-6-12-21)22-13-7-4-8-14-22)28-18-15-26-19-23(28)20-27-16-9-1-2-10-17-27/h3-8,11-14,23-24,26H,1-2,9-10,15-20H2/t23-/m0/s1. The first-order valence-corrected chi connectivity index (χ1v) is 11.2. The highest BCUT2D eigenvalue weighted by Crippen LogP contribution is 2.28. The zero-order chi connectivity index (χ0) is 19.9. The van der Waals surface area contributed by atoms with Gasteiger partial charge in [0.2, 0.25) is 5.91 Å². The van der Waals surface area contributed by atoms with E-state index in [-0.39, 0.29) is 17.9 Å². The van der Waals surface area contributed by atoms with Gasteiger partial charge in [0.1, 0.15) is 0 Å². The van der Waals surface area contributed by atoms with Gasteiger partial charge in [-0.25, -0.2) is 0 Å². The van der Waals surface area contributed by atoms with Crippen molar-refractivity contribution in [3.8, 4) is 0 Å². The maximum Gasteiger partial charge on any atom is 0.234 e. The summed E-state index contributed by atoms with van der Waals surface area (Å²) in [5.41, 5.74) is 2.16. The highest BCUT2D eigenvalue weighted by Gasteiger charge is 2.34. The molecule has 0 bridgehead atoms. The normalized spacial score (nSPS) is 21.1. The molecular weight excluding hydrogens is 358 g/mol. The lowest BCUT2D eigenvalue weighted by molar-refractivity contribution is -0.135. The van der Waals surface area contributed by atoms with E-state index in [9.17, 15) is 4.79 Å². The molecule has 0 aromatic heterocycles. The third-order valence-corrected chi connectivity index (χ3v) is 6.31. The molecule has 0 aliphatic carbocycles. The third-order valence-electron chi connectivity index (χ3n) is 6.31. The Morgan fingerprint density at radius 3 is 2.03 bits per heavy atom. The number of carbonyl (C=O) groups is 1. The number of benzene rings is 2. The molecule has 2 saturated heterocycles. The van der Waals surface area contributed by atoms with Crippen LogP contribution in [0.15, 0.2) is 60.7 Å². The van der Waals surface area contributed by atoms with E-state index in [1.807, 2.05) is 36.4 Å². The molecule has 2 aliphatic heterocycles. The molecule has 2 aromatic carbocycles. The zero-order valence-corrected chi connectivity index (χ0v) is 17.3.